The van der Waals surface area contributed by atoms with Crippen molar-refractivity contribution in [3.63, 3.8) is 0 Å². The van der Waals surface area contributed by atoms with Crippen molar-refractivity contribution < 1.29 is 4.42 Å². The summed E-state index contributed by atoms with van der Waals surface area (Å²) in [6.45, 7) is 1.88. The molecule has 1 aromatic carbocycles. The van der Waals surface area contributed by atoms with Crippen molar-refractivity contribution in [1.82, 2.24) is 9.97 Å². The number of nitrogens with zero attached hydrogens (tertiary/aromatic N) is 1. The van der Waals surface area contributed by atoms with Crippen molar-refractivity contribution in [3.05, 3.63) is 40.5 Å². The summed E-state index contributed by atoms with van der Waals surface area (Å²) in [5.41, 5.74) is 2.93. The van der Waals surface area contributed by atoms with Gasteiger partial charge in [0.2, 0.25) is 0 Å². The maximum atomic E-state index is 11.2. The summed E-state index contributed by atoms with van der Waals surface area (Å²) < 4.78 is 5.11. The molecule has 0 aliphatic rings. The lowest BCUT2D eigenvalue weighted by Gasteiger charge is -2.00. The van der Waals surface area contributed by atoms with Gasteiger partial charge in [-0.2, -0.15) is 0 Å². The predicted octanol–water partition coefficient (Wildman–Crippen LogP) is 1.98. The Morgan fingerprint density at radius 1 is 1.40 bits per heavy atom. The molecule has 4 nitrogen and oxygen atoms in total. The lowest BCUT2D eigenvalue weighted by molar-refractivity contribution is 0.560. The first-order valence-electron chi connectivity index (χ1n) is 4.62. The van der Waals surface area contributed by atoms with E-state index in [1.165, 1.54) is 6.07 Å². The summed E-state index contributed by atoms with van der Waals surface area (Å²) in [7, 11) is 0. The number of benzene rings is 1. The molecule has 0 bridgehead atoms. The van der Waals surface area contributed by atoms with Crippen LogP contribution in [0.25, 0.3) is 22.0 Å². The molecule has 3 aromatic rings. The van der Waals surface area contributed by atoms with Crippen molar-refractivity contribution in [3.8, 4) is 0 Å². The fourth-order valence-corrected chi connectivity index (χ4v) is 1.84. The summed E-state index contributed by atoms with van der Waals surface area (Å²) in [6.07, 6.45) is 1.63. The fourth-order valence-electron chi connectivity index (χ4n) is 1.84. The van der Waals surface area contributed by atoms with Crippen LogP contribution in [0.1, 0.15) is 5.56 Å². The van der Waals surface area contributed by atoms with Crippen LogP contribution in [-0.2, 0) is 0 Å². The van der Waals surface area contributed by atoms with E-state index in [1.54, 1.807) is 12.4 Å². The minimum Gasteiger partial charge on any atom is -0.423 e. The third-order valence-electron chi connectivity index (χ3n) is 2.49. The van der Waals surface area contributed by atoms with Gasteiger partial charge in [-0.1, -0.05) is 0 Å². The molecule has 0 spiro atoms. The van der Waals surface area contributed by atoms with Crippen molar-refractivity contribution in [1.29, 1.82) is 0 Å². The van der Waals surface area contributed by atoms with E-state index >= 15 is 0 Å². The number of nitrogens with one attached hydrogen (secondary N) is 1. The Morgan fingerprint density at radius 3 is 3.13 bits per heavy atom. The van der Waals surface area contributed by atoms with Gasteiger partial charge in [-0.25, -0.2) is 9.78 Å². The summed E-state index contributed by atoms with van der Waals surface area (Å²) in [6, 6.07) is 5.12. The van der Waals surface area contributed by atoms with Gasteiger partial charge in [0.15, 0.2) is 0 Å². The zero-order valence-corrected chi connectivity index (χ0v) is 8.07. The molecule has 2 aromatic heterocycles. The van der Waals surface area contributed by atoms with Gasteiger partial charge in [0.1, 0.15) is 5.58 Å². The Hall–Kier alpha value is -2.10. The van der Waals surface area contributed by atoms with E-state index in [0.29, 0.717) is 5.58 Å². The lowest BCUT2D eigenvalue weighted by Crippen LogP contribution is -1.97. The van der Waals surface area contributed by atoms with E-state index < -0.39 is 0 Å². The minimum absolute atomic E-state index is 0.324. The summed E-state index contributed by atoms with van der Waals surface area (Å²) >= 11 is 0. The molecule has 0 aliphatic heterocycles. The molecule has 0 radical (unpaired) electrons. The van der Waals surface area contributed by atoms with Gasteiger partial charge in [0.25, 0.3) is 0 Å². The fraction of sp³-hybridized carbons (Fsp3) is 0.0909. The molecule has 0 aliphatic carbocycles. The third-order valence-corrected chi connectivity index (χ3v) is 2.49. The maximum absolute atomic E-state index is 11.2. The van der Waals surface area contributed by atoms with Crippen LogP contribution in [0, 0.1) is 6.92 Å². The highest BCUT2D eigenvalue weighted by atomic mass is 16.4. The van der Waals surface area contributed by atoms with Gasteiger partial charge in [-0.15, -0.1) is 0 Å². The van der Waals surface area contributed by atoms with Crippen molar-refractivity contribution >= 4 is 22.0 Å². The molecule has 0 fully saturated rings. The predicted molar refractivity (Wildman–Crippen MR) is 56.9 cm³/mol. The molecule has 0 saturated heterocycles. The molecular weight excluding hydrogens is 192 g/mol. The topological polar surface area (TPSA) is 58.9 Å². The average Bonchev–Trinajstić information content (AvgIpc) is 2.63. The van der Waals surface area contributed by atoms with Crippen molar-refractivity contribution in [2.75, 3.05) is 0 Å². The van der Waals surface area contributed by atoms with E-state index in [4.69, 9.17) is 4.42 Å². The first-order chi connectivity index (χ1) is 7.25. The Balaban J connectivity index is 2.68. The van der Waals surface area contributed by atoms with Crippen molar-refractivity contribution in [2.24, 2.45) is 0 Å². The summed E-state index contributed by atoms with van der Waals surface area (Å²) in [5.74, 6) is 0. The van der Waals surface area contributed by atoms with Crippen LogP contribution in [0.5, 0.6) is 0 Å². The van der Waals surface area contributed by atoms with Gasteiger partial charge >= 0.3 is 5.63 Å². The van der Waals surface area contributed by atoms with Crippen LogP contribution in [-0.4, -0.2) is 9.97 Å². The number of aromatic amines is 1. The molecule has 0 unspecified atom stereocenters. The average molecular weight is 200 g/mol. The molecule has 1 N–H and O–H groups in total. The number of hydrogen-bond donors (Lipinski definition) is 1. The van der Waals surface area contributed by atoms with Crippen LogP contribution in [0.2, 0.25) is 0 Å². The molecule has 0 atom stereocenters. The van der Waals surface area contributed by atoms with Crippen LogP contribution in [0.15, 0.2) is 33.7 Å². The molecule has 3 rings (SSSR count). The van der Waals surface area contributed by atoms with Crippen LogP contribution in [0.4, 0.5) is 0 Å². The highest BCUT2D eigenvalue weighted by Crippen LogP contribution is 2.24. The standard InChI is InChI=1S/C11H8N2O2/c1-6-4-9(14)15-8-3-2-7-11(10(6)8)13-5-12-7/h2-5H,1H3,(H,12,13). The summed E-state index contributed by atoms with van der Waals surface area (Å²) in [4.78, 5) is 18.4. The minimum atomic E-state index is -0.324. The highest BCUT2D eigenvalue weighted by molar-refractivity contribution is 6.03. The number of H-pyrrole nitrogens is 1. The SMILES string of the molecule is Cc1cc(=O)oc2ccc3[nH]cnc3c12. The molecule has 2 heterocycles. The van der Waals surface area contributed by atoms with Crippen LogP contribution in [0.3, 0.4) is 0 Å². The van der Waals surface area contributed by atoms with E-state index in [-0.39, 0.29) is 5.63 Å². The highest BCUT2D eigenvalue weighted by Gasteiger charge is 2.07. The zero-order valence-electron chi connectivity index (χ0n) is 8.07. The maximum Gasteiger partial charge on any atom is 0.336 e. The van der Waals surface area contributed by atoms with E-state index in [2.05, 4.69) is 9.97 Å². The van der Waals surface area contributed by atoms with Gasteiger partial charge in [0.05, 0.1) is 17.4 Å². The van der Waals surface area contributed by atoms with E-state index in [0.717, 1.165) is 22.0 Å². The lowest BCUT2D eigenvalue weighted by atomic mass is 10.1. The van der Waals surface area contributed by atoms with Crippen LogP contribution < -0.4 is 5.63 Å². The molecule has 74 valence electrons. The zero-order chi connectivity index (χ0) is 10.4. The number of imidazole rings is 1. The van der Waals surface area contributed by atoms with Gasteiger partial charge < -0.3 is 9.40 Å². The van der Waals surface area contributed by atoms with Gasteiger partial charge in [0, 0.05) is 11.5 Å². The van der Waals surface area contributed by atoms with E-state index in [9.17, 15) is 4.79 Å². The summed E-state index contributed by atoms with van der Waals surface area (Å²) in [5, 5.41) is 0.897. The number of aromatic nitrogens is 2. The van der Waals surface area contributed by atoms with Gasteiger partial charge in [-0.3, -0.25) is 0 Å². The Kier molecular flexibility index (Phi) is 1.48. The van der Waals surface area contributed by atoms with Crippen LogP contribution >= 0.6 is 0 Å². The smallest absolute Gasteiger partial charge is 0.336 e. The second-order valence-corrected chi connectivity index (χ2v) is 3.49. The second kappa shape index (κ2) is 2.70. The quantitative estimate of drug-likeness (QED) is 0.564. The molecule has 15 heavy (non-hydrogen) atoms. The Morgan fingerprint density at radius 2 is 2.27 bits per heavy atom. The van der Waals surface area contributed by atoms with Gasteiger partial charge in [-0.05, 0) is 24.6 Å². The molecule has 0 amide bonds. The first kappa shape index (κ1) is 8.23. The second-order valence-electron chi connectivity index (χ2n) is 3.49. The number of aryl methyl sites for hydroxylation is 1. The monoisotopic (exact) mass is 200 g/mol. The third kappa shape index (κ3) is 1.08. The molecular formula is C11H8N2O2. The largest absolute Gasteiger partial charge is 0.423 e. The Labute approximate surface area is 84.6 Å². The normalized spacial score (nSPS) is 11.3. The number of fused-ring (bicyclic) bond motifs is 3. The number of hydrogen-bond acceptors (Lipinski definition) is 3. The first-order valence-corrected chi connectivity index (χ1v) is 4.62. The van der Waals surface area contributed by atoms with Crippen molar-refractivity contribution in [2.45, 2.75) is 6.92 Å². The molecule has 4 heteroatoms. The number of rotatable bonds is 0. The molecule has 0 saturated carbocycles. The Bertz CT molecular complexity index is 709. The van der Waals surface area contributed by atoms with E-state index in [1.807, 2.05) is 13.0 Å².